The summed E-state index contributed by atoms with van der Waals surface area (Å²) in [6.45, 7) is 8.37. The molecular weight excluding hydrogens is 434 g/mol. The second-order valence-corrected chi connectivity index (χ2v) is 8.32. The number of aryl methyl sites for hydroxylation is 1. The Morgan fingerprint density at radius 2 is 1.78 bits per heavy atom. The number of allylic oxidation sites excluding steroid dienone is 4. The van der Waals surface area contributed by atoms with Gasteiger partial charge in [0.25, 0.3) is 0 Å². The highest BCUT2D eigenvalue weighted by molar-refractivity contribution is 5.84. The van der Waals surface area contributed by atoms with Gasteiger partial charge >= 0.3 is 11.8 Å². The van der Waals surface area contributed by atoms with E-state index in [1.165, 1.54) is 13.0 Å². The Bertz CT molecular complexity index is 992. The van der Waals surface area contributed by atoms with Crippen LogP contribution in [0.5, 0.6) is 0 Å². The number of aliphatic hydroxyl groups excluding tert-OH is 1. The first-order valence-electron chi connectivity index (χ1n) is 10.6. The van der Waals surface area contributed by atoms with Crippen molar-refractivity contribution in [1.29, 1.82) is 0 Å². The molecule has 0 radical (unpaired) electrons. The summed E-state index contributed by atoms with van der Waals surface area (Å²) in [6, 6.07) is 2.45. The molecule has 0 saturated carbocycles. The summed E-state index contributed by atoms with van der Waals surface area (Å²) < 4.78 is 95.9. The largest absolute Gasteiger partial charge is 0.368 e. The van der Waals surface area contributed by atoms with Crippen LogP contribution in [0.25, 0.3) is 5.57 Å². The summed E-state index contributed by atoms with van der Waals surface area (Å²) in [5.74, 6) is -13.6. The number of ether oxygens (including phenoxy) is 1. The van der Waals surface area contributed by atoms with Crippen LogP contribution in [0, 0.1) is 11.7 Å². The number of hydrogen-bond donors (Lipinski definition) is 1. The number of hydrogen-bond acceptors (Lipinski definition) is 2. The van der Waals surface area contributed by atoms with Crippen molar-refractivity contribution in [1.82, 2.24) is 0 Å². The van der Waals surface area contributed by atoms with Gasteiger partial charge in [-0.3, -0.25) is 0 Å². The summed E-state index contributed by atoms with van der Waals surface area (Å²) in [5, 5.41) is 9.55. The third kappa shape index (κ3) is 3.71. The van der Waals surface area contributed by atoms with Gasteiger partial charge in [0.2, 0.25) is 0 Å². The normalized spacial score (nSPS) is 21.4. The van der Waals surface area contributed by atoms with Crippen molar-refractivity contribution in [2.75, 3.05) is 6.61 Å². The number of halogens is 6. The topological polar surface area (TPSA) is 29.5 Å². The zero-order valence-corrected chi connectivity index (χ0v) is 18.2. The molecule has 0 aromatic heterocycles. The molecule has 1 N–H and O–H groups in total. The quantitative estimate of drug-likeness (QED) is 0.357. The predicted octanol–water partition coefficient (Wildman–Crippen LogP) is 6.84. The van der Waals surface area contributed by atoms with E-state index >= 15 is 22.0 Å². The van der Waals surface area contributed by atoms with Crippen molar-refractivity contribution in [2.45, 2.75) is 64.6 Å². The molecule has 2 atom stereocenters. The van der Waals surface area contributed by atoms with Gasteiger partial charge in [0.1, 0.15) is 11.6 Å². The molecule has 0 aliphatic heterocycles. The molecule has 0 fully saturated rings. The minimum absolute atomic E-state index is 0.0858. The van der Waals surface area contributed by atoms with E-state index < -0.39 is 52.4 Å². The van der Waals surface area contributed by atoms with Crippen molar-refractivity contribution in [3.63, 3.8) is 0 Å². The molecule has 0 bridgehead atoms. The summed E-state index contributed by atoms with van der Waals surface area (Å²) in [6.07, 6.45) is -0.643. The zero-order chi connectivity index (χ0) is 24.0. The lowest BCUT2D eigenvalue weighted by molar-refractivity contribution is -0.196. The highest BCUT2D eigenvalue weighted by atomic mass is 19.3. The van der Waals surface area contributed by atoms with Crippen molar-refractivity contribution < 1.29 is 36.2 Å². The number of benzene rings is 1. The molecule has 2 nitrogen and oxygen atoms in total. The Labute approximate surface area is 183 Å². The van der Waals surface area contributed by atoms with Gasteiger partial charge < -0.3 is 9.84 Å². The first kappa shape index (κ1) is 24.6. The smallest absolute Gasteiger partial charge is 0.343 e. The molecule has 0 spiro atoms. The molecule has 0 amide bonds. The molecule has 1 aromatic carbocycles. The molecule has 176 valence electrons. The molecule has 2 unspecified atom stereocenters. The van der Waals surface area contributed by atoms with Crippen LogP contribution in [0.2, 0.25) is 0 Å². The van der Waals surface area contributed by atoms with Crippen LogP contribution in [0.4, 0.5) is 26.3 Å². The Morgan fingerprint density at radius 3 is 2.38 bits per heavy atom. The monoisotopic (exact) mass is 460 g/mol. The van der Waals surface area contributed by atoms with Crippen molar-refractivity contribution in [3.05, 3.63) is 63.8 Å². The van der Waals surface area contributed by atoms with E-state index in [0.717, 1.165) is 6.07 Å². The average Bonchev–Trinajstić information content (AvgIpc) is 2.71. The molecule has 2 aliphatic carbocycles. The van der Waals surface area contributed by atoms with Gasteiger partial charge in [-0.25, -0.2) is 8.78 Å². The third-order valence-corrected chi connectivity index (χ3v) is 6.00. The van der Waals surface area contributed by atoms with Crippen LogP contribution in [0.15, 0.2) is 41.3 Å². The number of fused-ring (bicyclic) bond motifs is 2. The van der Waals surface area contributed by atoms with Crippen LogP contribution in [0.1, 0.15) is 56.7 Å². The molecule has 2 aliphatic rings. The third-order valence-electron chi connectivity index (χ3n) is 6.00. The van der Waals surface area contributed by atoms with E-state index in [4.69, 9.17) is 4.74 Å². The first-order chi connectivity index (χ1) is 14.9. The number of rotatable bonds is 7. The minimum atomic E-state index is -4.96. The lowest BCUT2D eigenvalue weighted by Crippen LogP contribution is -2.45. The zero-order valence-electron chi connectivity index (χ0n) is 18.2. The van der Waals surface area contributed by atoms with E-state index in [9.17, 15) is 9.50 Å². The van der Waals surface area contributed by atoms with Gasteiger partial charge in [0.15, 0.2) is 6.29 Å². The highest BCUT2D eigenvalue weighted by Gasteiger charge is 2.66. The maximum atomic E-state index is 15.5. The average molecular weight is 460 g/mol. The van der Waals surface area contributed by atoms with E-state index in [1.807, 2.05) is 0 Å². The Morgan fingerprint density at radius 1 is 1.12 bits per heavy atom. The van der Waals surface area contributed by atoms with Crippen LogP contribution in [-0.4, -0.2) is 23.9 Å². The number of aliphatic hydroxyl groups is 1. The van der Waals surface area contributed by atoms with Gasteiger partial charge in [0, 0.05) is 5.92 Å². The Balaban J connectivity index is 2.20. The molecule has 32 heavy (non-hydrogen) atoms. The van der Waals surface area contributed by atoms with Crippen LogP contribution < -0.4 is 0 Å². The predicted molar refractivity (Wildman–Crippen MR) is 109 cm³/mol. The fourth-order valence-electron chi connectivity index (χ4n) is 4.35. The van der Waals surface area contributed by atoms with Crippen molar-refractivity contribution in [3.8, 4) is 0 Å². The minimum Gasteiger partial charge on any atom is -0.368 e. The summed E-state index contributed by atoms with van der Waals surface area (Å²) in [4.78, 5) is 0. The van der Waals surface area contributed by atoms with Gasteiger partial charge in [-0.1, -0.05) is 45.9 Å². The standard InChI is InChI=1S/C24H26F6O2/c1-5-7-14-8-9-15-16-10-12(3)18(13(4)11-32-17(31)6-2)22(26)20(16)24(29,30)23(27,28)19(15)21(14)25/h8-9,13,17,31H,3,5-7,10-11H2,1-2,4H3. The van der Waals surface area contributed by atoms with E-state index in [1.54, 1.807) is 13.8 Å². The van der Waals surface area contributed by atoms with E-state index in [2.05, 4.69) is 6.58 Å². The van der Waals surface area contributed by atoms with Crippen molar-refractivity contribution in [2.24, 2.45) is 5.92 Å². The van der Waals surface area contributed by atoms with Gasteiger partial charge in [-0.05, 0) is 47.1 Å². The van der Waals surface area contributed by atoms with Gasteiger partial charge in [-0.15, -0.1) is 0 Å². The second kappa shape index (κ2) is 8.71. The van der Waals surface area contributed by atoms with Crippen LogP contribution in [-0.2, 0) is 17.1 Å². The van der Waals surface area contributed by atoms with E-state index in [-0.39, 0.29) is 48.2 Å². The molecule has 3 rings (SSSR count). The van der Waals surface area contributed by atoms with Crippen LogP contribution >= 0.6 is 0 Å². The maximum absolute atomic E-state index is 15.5. The SMILES string of the molecule is C=C1CC2=C(C(F)=C1C(C)COC(O)CC)C(F)(F)C(F)(F)c1c2ccc(CCC)c1F. The molecule has 0 saturated heterocycles. The highest BCUT2D eigenvalue weighted by Crippen LogP contribution is 2.60. The fraction of sp³-hybridized carbons (Fsp3) is 0.500. The molecular formula is C24H26F6O2. The Kier molecular flexibility index (Phi) is 6.69. The van der Waals surface area contributed by atoms with E-state index in [0.29, 0.717) is 6.42 Å². The summed E-state index contributed by atoms with van der Waals surface area (Å²) >= 11 is 0. The molecule has 0 heterocycles. The van der Waals surface area contributed by atoms with Gasteiger partial charge in [0.05, 0.1) is 17.7 Å². The second-order valence-electron chi connectivity index (χ2n) is 8.32. The summed E-state index contributed by atoms with van der Waals surface area (Å²) in [7, 11) is 0. The van der Waals surface area contributed by atoms with Crippen molar-refractivity contribution >= 4 is 5.57 Å². The molecule has 8 heteroatoms. The fourth-order valence-corrected chi connectivity index (χ4v) is 4.35. The lowest BCUT2D eigenvalue weighted by Gasteiger charge is -2.40. The Hall–Kier alpha value is -2.06. The lowest BCUT2D eigenvalue weighted by atomic mass is 9.71. The number of alkyl halides is 4. The maximum Gasteiger partial charge on any atom is 0.343 e. The van der Waals surface area contributed by atoms with Crippen LogP contribution in [0.3, 0.4) is 0 Å². The molecule has 1 aromatic rings. The summed E-state index contributed by atoms with van der Waals surface area (Å²) in [5.41, 5.74) is -3.85. The van der Waals surface area contributed by atoms with Gasteiger partial charge in [-0.2, -0.15) is 17.6 Å². The first-order valence-corrected chi connectivity index (χ1v) is 10.6.